The van der Waals surface area contributed by atoms with Gasteiger partial charge in [0, 0.05) is 31.9 Å². The standard InChI is InChI=1S/C14H20N4O2/c1-17-9-14(20-13(17)19)5-3-7-18(10-14)8-11-4-2-6-16-12(11)15/h2,4,6H,3,5,7-10H2,1H3,(H2,15,16)/t14-/m0/s1. The van der Waals surface area contributed by atoms with Gasteiger partial charge in [0.05, 0.1) is 6.54 Å². The first-order valence-electron chi connectivity index (χ1n) is 6.94. The Labute approximate surface area is 118 Å². The van der Waals surface area contributed by atoms with Gasteiger partial charge in [-0.15, -0.1) is 0 Å². The zero-order valence-electron chi connectivity index (χ0n) is 11.7. The molecule has 0 radical (unpaired) electrons. The van der Waals surface area contributed by atoms with Gasteiger partial charge in [-0.2, -0.15) is 0 Å². The van der Waals surface area contributed by atoms with Crippen LogP contribution in [0.3, 0.4) is 0 Å². The molecule has 3 heterocycles. The lowest BCUT2D eigenvalue weighted by atomic mass is 9.92. The molecule has 1 spiro atoms. The highest BCUT2D eigenvalue weighted by molar-refractivity contribution is 5.70. The van der Waals surface area contributed by atoms with E-state index < -0.39 is 0 Å². The van der Waals surface area contributed by atoms with Gasteiger partial charge in [0.2, 0.25) is 0 Å². The van der Waals surface area contributed by atoms with Gasteiger partial charge in [0.1, 0.15) is 11.4 Å². The number of hydrogen-bond donors (Lipinski definition) is 1. The fourth-order valence-electron chi connectivity index (χ4n) is 3.16. The lowest BCUT2D eigenvalue weighted by molar-refractivity contribution is -0.0113. The lowest BCUT2D eigenvalue weighted by Gasteiger charge is -2.38. The van der Waals surface area contributed by atoms with Crippen molar-refractivity contribution in [1.82, 2.24) is 14.8 Å². The minimum absolute atomic E-state index is 0.215. The van der Waals surface area contributed by atoms with Crippen molar-refractivity contribution in [3.63, 3.8) is 0 Å². The molecule has 1 amide bonds. The molecular formula is C14H20N4O2. The van der Waals surface area contributed by atoms with E-state index in [0.29, 0.717) is 12.4 Å². The fourth-order valence-corrected chi connectivity index (χ4v) is 3.16. The molecule has 0 unspecified atom stereocenters. The Morgan fingerprint density at radius 3 is 3.05 bits per heavy atom. The Morgan fingerprint density at radius 2 is 2.35 bits per heavy atom. The molecule has 0 aliphatic carbocycles. The Balaban J connectivity index is 1.70. The van der Waals surface area contributed by atoms with E-state index in [0.717, 1.165) is 38.0 Å². The summed E-state index contributed by atoms with van der Waals surface area (Å²) < 4.78 is 5.60. The average molecular weight is 276 g/mol. The molecule has 0 bridgehead atoms. The summed E-state index contributed by atoms with van der Waals surface area (Å²) in [4.78, 5) is 19.7. The monoisotopic (exact) mass is 276 g/mol. The number of likely N-dealkylation sites (tertiary alicyclic amines) is 1. The highest BCUT2D eigenvalue weighted by Gasteiger charge is 2.46. The van der Waals surface area contributed by atoms with E-state index in [2.05, 4.69) is 9.88 Å². The second-order valence-electron chi connectivity index (χ2n) is 5.77. The van der Waals surface area contributed by atoms with Gasteiger partial charge >= 0.3 is 6.09 Å². The number of anilines is 1. The van der Waals surface area contributed by atoms with Crippen LogP contribution in [0.15, 0.2) is 18.3 Å². The molecule has 2 N–H and O–H groups in total. The summed E-state index contributed by atoms with van der Waals surface area (Å²) in [5, 5.41) is 0. The van der Waals surface area contributed by atoms with Gasteiger partial charge in [-0.25, -0.2) is 9.78 Å². The average Bonchev–Trinajstić information content (AvgIpc) is 2.67. The number of ether oxygens (including phenoxy) is 1. The molecule has 0 saturated carbocycles. The summed E-state index contributed by atoms with van der Waals surface area (Å²) in [6, 6.07) is 3.89. The van der Waals surface area contributed by atoms with Crippen molar-refractivity contribution in [2.24, 2.45) is 0 Å². The number of hydrogen-bond acceptors (Lipinski definition) is 5. The number of nitrogen functional groups attached to an aromatic ring is 1. The summed E-state index contributed by atoms with van der Waals surface area (Å²) in [7, 11) is 1.79. The number of rotatable bonds is 2. The van der Waals surface area contributed by atoms with Gasteiger partial charge in [0.25, 0.3) is 0 Å². The second kappa shape index (κ2) is 4.94. The summed E-state index contributed by atoms with van der Waals surface area (Å²) >= 11 is 0. The van der Waals surface area contributed by atoms with Crippen molar-refractivity contribution >= 4 is 11.9 Å². The number of likely N-dealkylation sites (N-methyl/N-ethyl adjacent to an activating group) is 1. The molecule has 2 saturated heterocycles. The smallest absolute Gasteiger partial charge is 0.410 e. The van der Waals surface area contributed by atoms with Crippen molar-refractivity contribution in [2.45, 2.75) is 25.0 Å². The maximum atomic E-state index is 11.6. The predicted molar refractivity (Wildman–Crippen MR) is 75.0 cm³/mol. The molecule has 1 atom stereocenters. The highest BCUT2D eigenvalue weighted by Crippen LogP contribution is 2.32. The number of amides is 1. The van der Waals surface area contributed by atoms with Crippen molar-refractivity contribution < 1.29 is 9.53 Å². The van der Waals surface area contributed by atoms with Gasteiger partial charge in [0.15, 0.2) is 0 Å². The molecule has 108 valence electrons. The van der Waals surface area contributed by atoms with E-state index in [1.54, 1.807) is 18.1 Å². The van der Waals surface area contributed by atoms with E-state index >= 15 is 0 Å². The van der Waals surface area contributed by atoms with Crippen LogP contribution in [-0.2, 0) is 11.3 Å². The SMILES string of the molecule is CN1C[C@]2(CCCN(Cc3cccnc3N)C2)OC1=O. The molecule has 2 aliphatic heterocycles. The van der Waals surface area contributed by atoms with Crippen LogP contribution in [-0.4, -0.2) is 53.2 Å². The van der Waals surface area contributed by atoms with E-state index in [9.17, 15) is 4.79 Å². The summed E-state index contributed by atoms with van der Waals surface area (Å²) in [5.74, 6) is 0.577. The molecule has 6 nitrogen and oxygen atoms in total. The number of nitrogens with zero attached hydrogens (tertiary/aromatic N) is 3. The van der Waals surface area contributed by atoms with Crippen LogP contribution >= 0.6 is 0 Å². The largest absolute Gasteiger partial charge is 0.440 e. The number of carbonyl (C=O) groups excluding carboxylic acids is 1. The van der Waals surface area contributed by atoms with Gasteiger partial charge in [-0.1, -0.05) is 6.07 Å². The van der Waals surface area contributed by atoms with Crippen LogP contribution in [0.5, 0.6) is 0 Å². The third kappa shape index (κ3) is 2.43. The first-order valence-corrected chi connectivity index (χ1v) is 6.94. The van der Waals surface area contributed by atoms with Gasteiger partial charge < -0.3 is 15.4 Å². The van der Waals surface area contributed by atoms with Crippen LogP contribution in [0.25, 0.3) is 0 Å². The van der Waals surface area contributed by atoms with Gasteiger partial charge in [-0.05, 0) is 25.5 Å². The van der Waals surface area contributed by atoms with Crippen LogP contribution in [0, 0.1) is 0 Å². The van der Waals surface area contributed by atoms with Crippen molar-refractivity contribution in [3.8, 4) is 0 Å². The van der Waals surface area contributed by atoms with Crippen LogP contribution in [0.2, 0.25) is 0 Å². The first-order chi connectivity index (χ1) is 9.58. The normalized spacial score (nSPS) is 27.1. The van der Waals surface area contributed by atoms with Crippen molar-refractivity contribution in [3.05, 3.63) is 23.9 Å². The lowest BCUT2D eigenvalue weighted by Crippen LogP contribution is -2.50. The minimum Gasteiger partial charge on any atom is -0.440 e. The summed E-state index contributed by atoms with van der Waals surface area (Å²) in [6.45, 7) is 3.18. The number of piperidine rings is 1. The number of pyridine rings is 1. The zero-order chi connectivity index (χ0) is 14.2. The highest BCUT2D eigenvalue weighted by atomic mass is 16.6. The zero-order valence-corrected chi connectivity index (χ0v) is 11.7. The van der Waals surface area contributed by atoms with Crippen molar-refractivity contribution in [1.29, 1.82) is 0 Å². The molecule has 20 heavy (non-hydrogen) atoms. The minimum atomic E-state index is -0.346. The molecule has 2 fully saturated rings. The molecule has 1 aromatic heterocycles. The topological polar surface area (TPSA) is 71.7 Å². The quantitative estimate of drug-likeness (QED) is 0.875. The maximum Gasteiger partial charge on any atom is 0.410 e. The Hall–Kier alpha value is -1.82. The number of carbonyl (C=O) groups is 1. The van der Waals surface area contributed by atoms with Crippen LogP contribution in [0.1, 0.15) is 18.4 Å². The third-order valence-electron chi connectivity index (χ3n) is 4.08. The van der Waals surface area contributed by atoms with E-state index in [1.165, 1.54) is 0 Å². The Bertz CT molecular complexity index is 522. The van der Waals surface area contributed by atoms with E-state index in [4.69, 9.17) is 10.5 Å². The number of nitrogens with two attached hydrogens (primary N) is 1. The predicted octanol–water partition coefficient (Wildman–Crippen LogP) is 1.08. The van der Waals surface area contributed by atoms with Crippen molar-refractivity contribution in [2.75, 3.05) is 32.4 Å². The summed E-state index contributed by atoms with van der Waals surface area (Å²) in [5.41, 5.74) is 6.58. The maximum absolute atomic E-state index is 11.6. The molecule has 1 aromatic rings. The third-order valence-corrected chi connectivity index (χ3v) is 4.08. The molecule has 3 rings (SSSR count). The molecule has 6 heteroatoms. The Morgan fingerprint density at radius 1 is 1.50 bits per heavy atom. The second-order valence-corrected chi connectivity index (χ2v) is 5.77. The molecule has 2 aliphatic rings. The molecular weight excluding hydrogens is 256 g/mol. The number of aromatic nitrogens is 1. The van der Waals surface area contributed by atoms with E-state index in [-0.39, 0.29) is 11.7 Å². The van der Waals surface area contributed by atoms with E-state index in [1.807, 2.05) is 12.1 Å². The van der Waals surface area contributed by atoms with Crippen LogP contribution in [0.4, 0.5) is 10.6 Å². The van der Waals surface area contributed by atoms with Gasteiger partial charge in [-0.3, -0.25) is 4.90 Å². The Kier molecular flexibility index (Phi) is 3.25. The first kappa shape index (κ1) is 13.2. The fraction of sp³-hybridized carbons (Fsp3) is 0.571. The van der Waals surface area contributed by atoms with Crippen LogP contribution < -0.4 is 5.73 Å². The molecule has 0 aromatic carbocycles. The summed E-state index contributed by atoms with van der Waals surface area (Å²) in [6.07, 6.45) is 3.45.